The average molecular weight is 494 g/mol. The number of methoxy groups -OCH3 is 1. The van der Waals surface area contributed by atoms with Crippen molar-refractivity contribution in [1.82, 2.24) is 9.99 Å². The molecule has 0 bridgehead atoms. The van der Waals surface area contributed by atoms with Gasteiger partial charge in [0.2, 0.25) is 0 Å². The fourth-order valence-corrected chi connectivity index (χ4v) is 3.72. The molecule has 0 atom stereocenters. The predicted molar refractivity (Wildman–Crippen MR) is 135 cm³/mol. The van der Waals surface area contributed by atoms with Gasteiger partial charge in [0.15, 0.2) is 0 Å². The Hall–Kier alpha value is -3.74. The van der Waals surface area contributed by atoms with E-state index in [0.29, 0.717) is 27.1 Å². The zero-order valence-corrected chi connectivity index (χ0v) is 19.8. The standard InChI is InChI=1S/C26H21Cl2N3O3/c1-33-24-10-4-18(14-20(24)17-34-25-11-7-21(27)15-23(25)28)16-29-30-26(32)19-5-8-22(9-6-19)31-12-2-3-13-31/h2-16H,17H2,1H3,(H,30,32)/b29-16+. The highest BCUT2D eigenvalue weighted by atomic mass is 35.5. The number of amides is 1. The Kier molecular flexibility index (Phi) is 7.52. The molecule has 0 spiro atoms. The zero-order chi connectivity index (χ0) is 23.9. The molecule has 0 radical (unpaired) electrons. The first-order chi connectivity index (χ1) is 16.5. The quantitative estimate of drug-likeness (QED) is 0.237. The summed E-state index contributed by atoms with van der Waals surface area (Å²) >= 11 is 12.1. The average Bonchev–Trinajstić information content (AvgIpc) is 3.39. The molecule has 1 N–H and O–H groups in total. The van der Waals surface area contributed by atoms with Gasteiger partial charge in [0, 0.05) is 34.2 Å². The summed E-state index contributed by atoms with van der Waals surface area (Å²) in [5.74, 6) is 0.876. The van der Waals surface area contributed by atoms with Gasteiger partial charge in [-0.05, 0) is 78.4 Å². The van der Waals surface area contributed by atoms with Crippen molar-refractivity contribution in [2.45, 2.75) is 6.61 Å². The Morgan fingerprint density at radius 1 is 1.00 bits per heavy atom. The number of ether oxygens (including phenoxy) is 2. The molecular formula is C26H21Cl2N3O3. The van der Waals surface area contributed by atoms with Crippen LogP contribution < -0.4 is 14.9 Å². The van der Waals surface area contributed by atoms with E-state index in [2.05, 4.69) is 10.5 Å². The molecule has 34 heavy (non-hydrogen) atoms. The number of rotatable bonds is 8. The van der Waals surface area contributed by atoms with Gasteiger partial charge in [0.05, 0.1) is 18.3 Å². The van der Waals surface area contributed by atoms with Crippen LogP contribution in [0.2, 0.25) is 10.0 Å². The second-order valence-corrected chi connectivity index (χ2v) is 8.11. The molecule has 1 heterocycles. The van der Waals surface area contributed by atoms with E-state index in [1.54, 1.807) is 43.7 Å². The maximum absolute atomic E-state index is 12.4. The monoisotopic (exact) mass is 493 g/mol. The Labute approximate surface area is 207 Å². The van der Waals surface area contributed by atoms with Crippen molar-refractivity contribution in [3.63, 3.8) is 0 Å². The summed E-state index contributed by atoms with van der Waals surface area (Å²) in [5.41, 5.74) is 5.60. The minimum Gasteiger partial charge on any atom is -0.496 e. The smallest absolute Gasteiger partial charge is 0.271 e. The third-order valence-electron chi connectivity index (χ3n) is 4.99. The van der Waals surface area contributed by atoms with E-state index in [0.717, 1.165) is 16.8 Å². The number of nitrogens with zero attached hydrogens (tertiary/aromatic N) is 2. The molecule has 0 saturated heterocycles. The van der Waals surface area contributed by atoms with E-state index in [4.69, 9.17) is 32.7 Å². The number of carbonyl (C=O) groups is 1. The van der Waals surface area contributed by atoms with E-state index in [9.17, 15) is 4.79 Å². The lowest BCUT2D eigenvalue weighted by atomic mass is 10.1. The van der Waals surface area contributed by atoms with Gasteiger partial charge in [-0.1, -0.05) is 23.2 Å². The lowest BCUT2D eigenvalue weighted by Gasteiger charge is -2.12. The Morgan fingerprint density at radius 3 is 2.44 bits per heavy atom. The van der Waals surface area contributed by atoms with Crippen LogP contribution in [0.15, 0.2) is 90.3 Å². The minimum absolute atomic E-state index is 0.228. The van der Waals surface area contributed by atoms with Crippen molar-refractivity contribution in [3.8, 4) is 17.2 Å². The highest BCUT2D eigenvalue weighted by molar-refractivity contribution is 6.35. The summed E-state index contributed by atoms with van der Waals surface area (Å²) in [6, 6.07) is 21.7. The number of hydrazone groups is 1. The van der Waals surface area contributed by atoms with Crippen LogP contribution in [0.5, 0.6) is 11.5 Å². The summed E-state index contributed by atoms with van der Waals surface area (Å²) in [7, 11) is 1.59. The topological polar surface area (TPSA) is 64.8 Å². The summed E-state index contributed by atoms with van der Waals surface area (Å²) in [4.78, 5) is 12.4. The van der Waals surface area contributed by atoms with Crippen LogP contribution in [0.1, 0.15) is 21.5 Å². The number of hydrogen-bond donors (Lipinski definition) is 1. The zero-order valence-electron chi connectivity index (χ0n) is 18.2. The van der Waals surface area contributed by atoms with Gasteiger partial charge in [-0.15, -0.1) is 0 Å². The molecule has 0 aliphatic carbocycles. The third kappa shape index (κ3) is 5.78. The summed E-state index contributed by atoms with van der Waals surface area (Å²) in [6.07, 6.45) is 5.44. The number of nitrogens with one attached hydrogen (secondary N) is 1. The SMILES string of the molecule is COc1ccc(/C=N/NC(=O)c2ccc(-n3cccc3)cc2)cc1COc1ccc(Cl)cc1Cl. The lowest BCUT2D eigenvalue weighted by Crippen LogP contribution is -2.17. The Morgan fingerprint density at radius 2 is 1.74 bits per heavy atom. The minimum atomic E-state index is -0.301. The van der Waals surface area contributed by atoms with Crippen LogP contribution in [-0.4, -0.2) is 23.8 Å². The second kappa shape index (κ2) is 10.9. The molecule has 0 saturated carbocycles. The molecule has 0 aliphatic rings. The van der Waals surface area contributed by atoms with Gasteiger partial charge in [0.1, 0.15) is 18.1 Å². The van der Waals surface area contributed by atoms with E-state index in [1.807, 2.05) is 59.4 Å². The first-order valence-electron chi connectivity index (χ1n) is 10.3. The molecule has 4 aromatic rings. The van der Waals surface area contributed by atoms with Crippen molar-refractivity contribution in [3.05, 3.63) is 112 Å². The lowest BCUT2D eigenvalue weighted by molar-refractivity contribution is 0.0955. The van der Waals surface area contributed by atoms with Gasteiger partial charge in [-0.25, -0.2) is 5.43 Å². The van der Waals surface area contributed by atoms with Crippen molar-refractivity contribution in [2.75, 3.05) is 7.11 Å². The fraction of sp³-hybridized carbons (Fsp3) is 0.0769. The molecule has 6 nitrogen and oxygen atoms in total. The largest absolute Gasteiger partial charge is 0.496 e. The molecule has 3 aromatic carbocycles. The molecule has 172 valence electrons. The number of carbonyl (C=O) groups excluding carboxylic acids is 1. The molecule has 4 rings (SSSR count). The van der Waals surface area contributed by atoms with Crippen LogP contribution >= 0.6 is 23.2 Å². The van der Waals surface area contributed by atoms with Gasteiger partial charge in [-0.3, -0.25) is 4.79 Å². The van der Waals surface area contributed by atoms with Gasteiger partial charge < -0.3 is 14.0 Å². The molecule has 0 fully saturated rings. The number of aromatic nitrogens is 1. The molecule has 1 amide bonds. The summed E-state index contributed by atoms with van der Waals surface area (Å²) in [6.45, 7) is 0.228. The second-order valence-electron chi connectivity index (χ2n) is 7.27. The van der Waals surface area contributed by atoms with Crippen molar-refractivity contribution >= 4 is 35.3 Å². The summed E-state index contributed by atoms with van der Waals surface area (Å²) in [5, 5.41) is 5.04. The van der Waals surface area contributed by atoms with Crippen molar-refractivity contribution in [2.24, 2.45) is 5.10 Å². The molecule has 0 aliphatic heterocycles. The van der Waals surface area contributed by atoms with Crippen LogP contribution in [0.3, 0.4) is 0 Å². The van der Waals surface area contributed by atoms with Gasteiger partial charge >= 0.3 is 0 Å². The molecule has 0 unspecified atom stereocenters. The van der Waals surface area contributed by atoms with Crippen LogP contribution in [-0.2, 0) is 6.61 Å². The first-order valence-corrected chi connectivity index (χ1v) is 11.1. The van der Waals surface area contributed by atoms with Crippen LogP contribution in [0.25, 0.3) is 5.69 Å². The predicted octanol–water partition coefficient (Wildman–Crippen LogP) is 6.14. The Bertz CT molecular complexity index is 1300. The molecule has 8 heteroatoms. The van der Waals surface area contributed by atoms with E-state index < -0.39 is 0 Å². The van der Waals surface area contributed by atoms with E-state index in [1.165, 1.54) is 0 Å². The van der Waals surface area contributed by atoms with Crippen LogP contribution in [0.4, 0.5) is 0 Å². The van der Waals surface area contributed by atoms with Crippen molar-refractivity contribution in [1.29, 1.82) is 0 Å². The fourth-order valence-electron chi connectivity index (χ4n) is 3.26. The molecule has 1 aromatic heterocycles. The number of halogens is 2. The first kappa shape index (κ1) is 23.4. The maximum Gasteiger partial charge on any atom is 0.271 e. The van der Waals surface area contributed by atoms with Gasteiger partial charge in [0.25, 0.3) is 5.91 Å². The normalized spacial score (nSPS) is 10.9. The van der Waals surface area contributed by atoms with Crippen LogP contribution in [0, 0.1) is 0 Å². The molecular weight excluding hydrogens is 473 g/mol. The highest BCUT2D eigenvalue weighted by Gasteiger charge is 2.08. The number of benzene rings is 3. The van der Waals surface area contributed by atoms with Gasteiger partial charge in [-0.2, -0.15) is 5.10 Å². The summed E-state index contributed by atoms with van der Waals surface area (Å²) < 4.78 is 13.2. The van der Waals surface area contributed by atoms with E-state index in [-0.39, 0.29) is 12.5 Å². The van der Waals surface area contributed by atoms with Crippen molar-refractivity contribution < 1.29 is 14.3 Å². The third-order valence-corrected chi connectivity index (χ3v) is 5.52. The van der Waals surface area contributed by atoms with E-state index >= 15 is 0 Å². The maximum atomic E-state index is 12.4. The highest BCUT2D eigenvalue weighted by Crippen LogP contribution is 2.29. The Balaban J connectivity index is 1.40. The number of hydrogen-bond acceptors (Lipinski definition) is 4.